The Morgan fingerprint density at radius 3 is 2.55 bits per heavy atom. The van der Waals surface area contributed by atoms with Gasteiger partial charge >= 0.3 is 0 Å². The maximum atomic E-state index is 9.37. The Labute approximate surface area is 115 Å². The summed E-state index contributed by atoms with van der Waals surface area (Å²) >= 11 is 0. The lowest BCUT2D eigenvalue weighted by atomic mass is 10.0. The maximum Gasteiger partial charge on any atom is 0.0999 e. The SMILES string of the molecule is N#Cc1cc2c3ccccc3cnc2c2ncccc12. The quantitative estimate of drug-likeness (QED) is 0.449. The number of rotatable bonds is 0. The summed E-state index contributed by atoms with van der Waals surface area (Å²) < 4.78 is 0. The van der Waals surface area contributed by atoms with Crippen molar-refractivity contribution in [2.75, 3.05) is 0 Å². The van der Waals surface area contributed by atoms with Gasteiger partial charge in [0.2, 0.25) is 0 Å². The van der Waals surface area contributed by atoms with Crippen LogP contribution in [0.1, 0.15) is 5.56 Å². The molecule has 3 nitrogen and oxygen atoms in total. The Balaban J connectivity index is 2.35. The molecule has 4 rings (SSSR count). The number of aromatic nitrogens is 2. The maximum absolute atomic E-state index is 9.37. The fraction of sp³-hybridized carbons (Fsp3) is 0. The molecule has 2 aromatic carbocycles. The highest BCUT2D eigenvalue weighted by molar-refractivity contribution is 6.15. The average Bonchev–Trinajstić information content (AvgIpc) is 2.53. The first-order valence-corrected chi connectivity index (χ1v) is 6.34. The summed E-state index contributed by atoms with van der Waals surface area (Å²) in [6.07, 6.45) is 3.59. The predicted octanol–water partition coefficient (Wildman–Crippen LogP) is 3.81. The molecule has 0 aliphatic heterocycles. The first-order chi connectivity index (χ1) is 9.88. The number of nitrogens with zero attached hydrogens (tertiary/aromatic N) is 3. The first-order valence-electron chi connectivity index (χ1n) is 6.34. The van der Waals surface area contributed by atoms with Gasteiger partial charge < -0.3 is 0 Å². The number of pyridine rings is 2. The van der Waals surface area contributed by atoms with E-state index in [-0.39, 0.29) is 0 Å². The minimum atomic E-state index is 0.638. The van der Waals surface area contributed by atoms with Crippen LogP contribution in [-0.4, -0.2) is 9.97 Å². The van der Waals surface area contributed by atoms with E-state index in [2.05, 4.69) is 22.1 Å². The van der Waals surface area contributed by atoms with Crippen molar-refractivity contribution < 1.29 is 0 Å². The van der Waals surface area contributed by atoms with Crippen LogP contribution in [-0.2, 0) is 0 Å². The van der Waals surface area contributed by atoms with Gasteiger partial charge in [0, 0.05) is 28.6 Å². The van der Waals surface area contributed by atoms with Crippen molar-refractivity contribution in [3.05, 3.63) is 60.4 Å². The van der Waals surface area contributed by atoms with Crippen LogP contribution < -0.4 is 0 Å². The van der Waals surface area contributed by atoms with E-state index in [4.69, 9.17) is 0 Å². The van der Waals surface area contributed by atoms with Gasteiger partial charge in [-0.2, -0.15) is 5.26 Å². The molecule has 0 unspecified atom stereocenters. The van der Waals surface area contributed by atoms with Crippen LogP contribution in [0.4, 0.5) is 0 Å². The molecule has 0 saturated heterocycles. The Morgan fingerprint density at radius 2 is 1.65 bits per heavy atom. The van der Waals surface area contributed by atoms with Gasteiger partial charge in [-0.25, -0.2) is 0 Å². The van der Waals surface area contributed by atoms with E-state index in [1.54, 1.807) is 6.20 Å². The molecule has 0 spiro atoms. The molecular weight excluding hydrogens is 246 g/mol. The molecule has 20 heavy (non-hydrogen) atoms. The number of benzene rings is 2. The van der Waals surface area contributed by atoms with E-state index in [1.165, 1.54) is 0 Å². The molecule has 0 atom stereocenters. The molecular formula is C17H9N3. The summed E-state index contributed by atoms with van der Waals surface area (Å²) in [7, 11) is 0. The van der Waals surface area contributed by atoms with Crippen molar-refractivity contribution in [3.8, 4) is 6.07 Å². The number of nitriles is 1. The first kappa shape index (κ1) is 10.9. The summed E-state index contributed by atoms with van der Waals surface area (Å²) in [4.78, 5) is 8.95. The zero-order chi connectivity index (χ0) is 13.5. The minimum Gasteiger partial charge on any atom is -0.254 e. The highest BCUT2D eigenvalue weighted by Crippen LogP contribution is 2.30. The van der Waals surface area contributed by atoms with Gasteiger partial charge in [0.05, 0.1) is 22.7 Å². The van der Waals surface area contributed by atoms with Gasteiger partial charge in [0.25, 0.3) is 0 Å². The Kier molecular flexibility index (Phi) is 2.18. The minimum absolute atomic E-state index is 0.638. The molecule has 0 aliphatic rings. The van der Waals surface area contributed by atoms with Gasteiger partial charge in [0.15, 0.2) is 0 Å². The smallest absolute Gasteiger partial charge is 0.0999 e. The van der Waals surface area contributed by atoms with Crippen LogP contribution in [0.15, 0.2) is 54.9 Å². The zero-order valence-corrected chi connectivity index (χ0v) is 10.5. The molecule has 0 radical (unpaired) electrons. The van der Waals surface area contributed by atoms with Crippen molar-refractivity contribution in [2.45, 2.75) is 0 Å². The van der Waals surface area contributed by atoms with E-state index in [1.807, 2.05) is 42.6 Å². The molecule has 2 aromatic heterocycles. The summed E-state index contributed by atoms with van der Waals surface area (Å²) in [5.74, 6) is 0. The van der Waals surface area contributed by atoms with Gasteiger partial charge in [-0.15, -0.1) is 0 Å². The largest absolute Gasteiger partial charge is 0.254 e. The van der Waals surface area contributed by atoms with Crippen LogP contribution in [0.3, 0.4) is 0 Å². The Hall–Kier alpha value is -2.99. The summed E-state index contributed by atoms with van der Waals surface area (Å²) in [5, 5.41) is 13.4. The highest BCUT2D eigenvalue weighted by atomic mass is 14.7. The molecule has 92 valence electrons. The summed E-state index contributed by atoms with van der Waals surface area (Å²) in [6, 6.07) is 16.0. The average molecular weight is 255 g/mol. The second-order valence-electron chi connectivity index (χ2n) is 4.68. The highest BCUT2D eigenvalue weighted by Gasteiger charge is 2.10. The molecule has 0 saturated carbocycles. The summed E-state index contributed by atoms with van der Waals surface area (Å²) in [6.45, 7) is 0. The van der Waals surface area contributed by atoms with Crippen LogP contribution in [0.2, 0.25) is 0 Å². The normalized spacial score (nSPS) is 10.9. The van der Waals surface area contributed by atoms with Crippen molar-refractivity contribution in [1.82, 2.24) is 9.97 Å². The Bertz CT molecular complexity index is 1010. The monoisotopic (exact) mass is 255 g/mol. The van der Waals surface area contributed by atoms with Crippen LogP contribution in [0, 0.1) is 11.3 Å². The molecule has 4 aromatic rings. The van der Waals surface area contributed by atoms with E-state index < -0.39 is 0 Å². The fourth-order valence-electron chi connectivity index (χ4n) is 2.65. The lowest BCUT2D eigenvalue weighted by Gasteiger charge is -2.07. The van der Waals surface area contributed by atoms with Crippen LogP contribution in [0.5, 0.6) is 0 Å². The lowest BCUT2D eigenvalue weighted by molar-refractivity contribution is 1.38. The molecule has 0 aliphatic carbocycles. The van der Waals surface area contributed by atoms with Crippen molar-refractivity contribution in [3.63, 3.8) is 0 Å². The van der Waals surface area contributed by atoms with Crippen molar-refractivity contribution in [1.29, 1.82) is 5.26 Å². The second-order valence-corrected chi connectivity index (χ2v) is 4.68. The van der Waals surface area contributed by atoms with Gasteiger partial charge in [0.1, 0.15) is 0 Å². The summed E-state index contributed by atoms with van der Waals surface area (Å²) in [5.41, 5.74) is 2.27. The molecule has 2 heterocycles. The number of hydrogen-bond acceptors (Lipinski definition) is 3. The van der Waals surface area contributed by atoms with Gasteiger partial charge in [-0.1, -0.05) is 24.3 Å². The van der Waals surface area contributed by atoms with Crippen molar-refractivity contribution >= 4 is 32.6 Å². The van der Waals surface area contributed by atoms with E-state index in [0.29, 0.717) is 5.56 Å². The molecule has 3 heteroatoms. The number of hydrogen-bond donors (Lipinski definition) is 0. The molecule has 0 amide bonds. The van der Waals surface area contributed by atoms with E-state index in [0.717, 1.165) is 32.6 Å². The standard InChI is InChI=1S/C17H9N3/c18-9-12-8-15-13-5-2-1-4-11(13)10-20-17(15)16-14(12)6-3-7-19-16/h1-8,10H. The lowest BCUT2D eigenvalue weighted by Crippen LogP contribution is -1.89. The van der Waals surface area contributed by atoms with Crippen molar-refractivity contribution in [2.24, 2.45) is 0 Å². The van der Waals surface area contributed by atoms with Crippen LogP contribution >= 0.6 is 0 Å². The predicted molar refractivity (Wildman–Crippen MR) is 79.3 cm³/mol. The third kappa shape index (κ3) is 1.39. The molecule has 0 bridgehead atoms. The second kappa shape index (κ2) is 4.01. The Morgan fingerprint density at radius 1 is 0.850 bits per heavy atom. The number of fused-ring (bicyclic) bond motifs is 5. The van der Waals surface area contributed by atoms with Gasteiger partial charge in [-0.3, -0.25) is 9.97 Å². The third-order valence-electron chi connectivity index (χ3n) is 3.57. The van der Waals surface area contributed by atoms with E-state index >= 15 is 0 Å². The third-order valence-corrected chi connectivity index (χ3v) is 3.57. The zero-order valence-electron chi connectivity index (χ0n) is 10.5. The van der Waals surface area contributed by atoms with Gasteiger partial charge in [-0.05, 0) is 23.6 Å². The van der Waals surface area contributed by atoms with E-state index in [9.17, 15) is 5.26 Å². The fourth-order valence-corrected chi connectivity index (χ4v) is 2.65. The molecule has 0 fully saturated rings. The topological polar surface area (TPSA) is 49.6 Å². The molecule has 0 N–H and O–H groups in total. The van der Waals surface area contributed by atoms with Crippen LogP contribution in [0.25, 0.3) is 32.6 Å².